The Balaban J connectivity index is 3.90. The third kappa shape index (κ3) is 3.48. The van der Waals surface area contributed by atoms with Crippen LogP contribution in [0.2, 0.25) is 0 Å². The minimum Gasteiger partial charge on any atom is -0.213 e. The Kier molecular flexibility index (Phi) is 3.14. The van der Waals surface area contributed by atoms with E-state index < -0.39 is 10.0 Å². The maximum Gasteiger partial charge on any atom is 0.210 e. The Bertz CT molecular complexity index is 162. The first-order valence-corrected chi connectivity index (χ1v) is 4.52. The summed E-state index contributed by atoms with van der Waals surface area (Å²) in [6.07, 6.45) is 2.98. The van der Waals surface area contributed by atoms with Crippen LogP contribution in [0, 0.1) is 6.42 Å². The topological polar surface area (TPSA) is 37.4 Å². The van der Waals surface area contributed by atoms with Gasteiger partial charge in [0, 0.05) is 13.6 Å². The summed E-state index contributed by atoms with van der Waals surface area (Å²) in [5.41, 5.74) is 0. The molecule has 0 atom stereocenters. The lowest BCUT2D eigenvalue weighted by atomic mass is 10.5. The lowest BCUT2D eigenvalue weighted by Gasteiger charge is -2.10. The highest BCUT2D eigenvalue weighted by Gasteiger charge is 2.07. The first-order valence-electron chi connectivity index (χ1n) is 2.67. The predicted octanol–water partition coefficient (Wildman–Crippen LogP) is 0.102. The van der Waals surface area contributed by atoms with E-state index in [1.54, 1.807) is 13.5 Å². The summed E-state index contributed by atoms with van der Waals surface area (Å²) in [5.74, 6) is 0. The fourth-order valence-corrected chi connectivity index (χ4v) is 0.812. The van der Waals surface area contributed by atoms with Gasteiger partial charge >= 0.3 is 0 Å². The fourth-order valence-electron chi connectivity index (χ4n) is 0.393. The van der Waals surface area contributed by atoms with Crippen LogP contribution in [-0.2, 0) is 10.0 Å². The van der Waals surface area contributed by atoms with Crippen LogP contribution >= 0.6 is 0 Å². The zero-order valence-corrected chi connectivity index (χ0v) is 6.77. The molecular weight excluding hydrogens is 138 g/mol. The molecule has 9 heavy (non-hydrogen) atoms. The van der Waals surface area contributed by atoms with Crippen molar-refractivity contribution in [3.63, 3.8) is 0 Å². The molecule has 0 aromatic heterocycles. The van der Waals surface area contributed by atoms with Gasteiger partial charge < -0.3 is 0 Å². The molecule has 0 N–H and O–H groups in total. The summed E-state index contributed by atoms with van der Waals surface area (Å²) in [6.45, 7) is 2.31. The SMILES string of the molecule is C[CH]CN(C)S(C)(=O)=O. The van der Waals surface area contributed by atoms with Crippen LogP contribution in [0.25, 0.3) is 0 Å². The van der Waals surface area contributed by atoms with Gasteiger partial charge in [-0.25, -0.2) is 12.7 Å². The minimum atomic E-state index is -2.96. The van der Waals surface area contributed by atoms with E-state index in [9.17, 15) is 8.42 Å². The van der Waals surface area contributed by atoms with Gasteiger partial charge in [-0.15, -0.1) is 0 Å². The second kappa shape index (κ2) is 3.17. The molecule has 0 spiro atoms. The van der Waals surface area contributed by atoms with Gasteiger partial charge in [-0.05, 0) is 6.42 Å². The van der Waals surface area contributed by atoms with Crippen molar-refractivity contribution in [2.24, 2.45) is 0 Å². The average Bonchev–Trinajstić information content (AvgIpc) is 1.64. The summed E-state index contributed by atoms with van der Waals surface area (Å²) in [6, 6.07) is 0. The van der Waals surface area contributed by atoms with Gasteiger partial charge in [0.25, 0.3) is 0 Å². The van der Waals surface area contributed by atoms with Crippen molar-refractivity contribution in [2.45, 2.75) is 6.92 Å². The Morgan fingerprint density at radius 3 is 2.11 bits per heavy atom. The second-order valence-electron chi connectivity index (χ2n) is 1.95. The van der Waals surface area contributed by atoms with E-state index >= 15 is 0 Å². The van der Waals surface area contributed by atoms with Crippen LogP contribution in [0.5, 0.6) is 0 Å². The molecule has 55 valence electrons. The molecule has 0 unspecified atom stereocenters. The van der Waals surface area contributed by atoms with E-state index in [1.807, 2.05) is 6.92 Å². The van der Waals surface area contributed by atoms with Crippen LogP contribution in [0.15, 0.2) is 0 Å². The lowest BCUT2D eigenvalue weighted by Crippen LogP contribution is -2.26. The average molecular weight is 150 g/mol. The van der Waals surface area contributed by atoms with E-state index in [4.69, 9.17) is 0 Å². The molecule has 0 amide bonds. The van der Waals surface area contributed by atoms with Gasteiger partial charge in [0.2, 0.25) is 10.0 Å². The van der Waals surface area contributed by atoms with Crippen molar-refractivity contribution >= 4 is 10.0 Å². The highest BCUT2D eigenvalue weighted by molar-refractivity contribution is 7.88. The second-order valence-corrected chi connectivity index (χ2v) is 4.04. The van der Waals surface area contributed by atoms with Gasteiger partial charge in [0.1, 0.15) is 0 Å². The van der Waals surface area contributed by atoms with Gasteiger partial charge in [-0.1, -0.05) is 6.92 Å². The molecule has 0 aromatic rings. The first kappa shape index (κ1) is 8.91. The predicted molar refractivity (Wildman–Crippen MR) is 37.4 cm³/mol. The molecule has 0 heterocycles. The summed E-state index contributed by atoms with van der Waals surface area (Å²) < 4.78 is 22.5. The zero-order chi connectivity index (χ0) is 7.49. The van der Waals surface area contributed by atoms with Crippen LogP contribution in [0.1, 0.15) is 6.92 Å². The largest absolute Gasteiger partial charge is 0.213 e. The molecule has 0 aliphatic heterocycles. The van der Waals surface area contributed by atoms with Crippen molar-refractivity contribution in [3.05, 3.63) is 6.42 Å². The van der Waals surface area contributed by atoms with E-state index in [-0.39, 0.29) is 0 Å². The third-order valence-electron chi connectivity index (χ3n) is 1.01. The van der Waals surface area contributed by atoms with Crippen molar-refractivity contribution in [1.82, 2.24) is 4.31 Å². The fraction of sp³-hybridized carbons (Fsp3) is 0.800. The molecule has 0 bridgehead atoms. The molecular formula is C5H12NO2S. The number of nitrogens with zero attached hydrogens (tertiary/aromatic N) is 1. The van der Waals surface area contributed by atoms with Gasteiger partial charge in [-0.3, -0.25) is 0 Å². The van der Waals surface area contributed by atoms with Crippen LogP contribution in [-0.4, -0.2) is 32.6 Å². The molecule has 0 aromatic carbocycles. The Hall–Kier alpha value is -0.0900. The lowest BCUT2D eigenvalue weighted by molar-refractivity contribution is 0.497. The van der Waals surface area contributed by atoms with Crippen LogP contribution in [0.4, 0.5) is 0 Å². The van der Waals surface area contributed by atoms with Gasteiger partial charge in [-0.2, -0.15) is 0 Å². The molecule has 0 fully saturated rings. The van der Waals surface area contributed by atoms with Crippen molar-refractivity contribution in [2.75, 3.05) is 19.8 Å². The molecule has 4 heteroatoms. The normalized spacial score (nSPS) is 12.4. The maximum atomic E-state index is 10.6. The number of sulfonamides is 1. The van der Waals surface area contributed by atoms with E-state index in [2.05, 4.69) is 0 Å². The van der Waals surface area contributed by atoms with E-state index in [0.29, 0.717) is 6.54 Å². The molecule has 0 saturated carbocycles. The number of hydrogen-bond donors (Lipinski definition) is 0. The smallest absolute Gasteiger partial charge is 0.210 e. The number of hydrogen-bond acceptors (Lipinski definition) is 2. The molecule has 3 nitrogen and oxygen atoms in total. The highest BCUT2D eigenvalue weighted by Crippen LogP contribution is 1.92. The summed E-state index contributed by atoms with van der Waals surface area (Å²) in [4.78, 5) is 0. The summed E-state index contributed by atoms with van der Waals surface area (Å²) >= 11 is 0. The molecule has 0 aliphatic carbocycles. The minimum absolute atomic E-state index is 0.485. The molecule has 0 rings (SSSR count). The maximum absolute atomic E-state index is 10.6. The van der Waals surface area contributed by atoms with E-state index in [1.165, 1.54) is 10.6 Å². The third-order valence-corrected chi connectivity index (χ3v) is 2.29. The standard InChI is InChI=1S/C5H12NO2S/c1-4-5-6(2)9(3,7)8/h4H,5H2,1-3H3. The highest BCUT2D eigenvalue weighted by atomic mass is 32.2. The summed E-state index contributed by atoms with van der Waals surface area (Å²) in [7, 11) is -1.41. The summed E-state index contributed by atoms with van der Waals surface area (Å²) in [5, 5.41) is 0. The van der Waals surface area contributed by atoms with Crippen molar-refractivity contribution in [1.29, 1.82) is 0 Å². The molecule has 0 aliphatic rings. The monoisotopic (exact) mass is 150 g/mol. The first-order chi connectivity index (χ1) is 3.98. The zero-order valence-electron chi connectivity index (χ0n) is 5.96. The van der Waals surface area contributed by atoms with Crippen molar-refractivity contribution in [3.8, 4) is 0 Å². The Labute approximate surface area is 56.7 Å². The van der Waals surface area contributed by atoms with Crippen LogP contribution in [0.3, 0.4) is 0 Å². The Morgan fingerprint density at radius 2 is 2.00 bits per heavy atom. The quantitative estimate of drug-likeness (QED) is 0.572. The molecule has 1 radical (unpaired) electrons. The van der Waals surface area contributed by atoms with Crippen LogP contribution < -0.4 is 0 Å². The Morgan fingerprint density at radius 1 is 1.56 bits per heavy atom. The van der Waals surface area contributed by atoms with Gasteiger partial charge in [0.05, 0.1) is 6.26 Å². The van der Waals surface area contributed by atoms with Crippen molar-refractivity contribution < 1.29 is 8.42 Å². The van der Waals surface area contributed by atoms with Gasteiger partial charge in [0.15, 0.2) is 0 Å². The molecule has 0 saturated heterocycles. The van der Waals surface area contributed by atoms with E-state index in [0.717, 1.165) is 0 Å². The number of rotatable bonds is 3.